The van der Waals surface area contributed by atoms with Crippen molar-refractivity contribution < 1.29 is 28.6 Å². The first-order chi connectivity index (χ1) is 16.9. The molecule has 0 radical (unpaired) electrons. The topological polar surface area (TPSA) is 122 Å². The normalized spacial score (nSPS) is 15.3. The number of carbonyl (C=O) groups excluding carboxylic acids is 3. The van der Waals surface area contributed by atoms with Gasteiger partial charge >= 0.3 is 6.03 Å². The molecule has 0 spiro atoms. The predicted molar refractivity (Wildman–Crippen MR) is 130 cm³/mol. The molecular weight excluding hydrogens is 452 g/mol. The highest BCUT2D eigenvalue weighted by atomic mass is 16.5. The molecule has 1 atom stereocenters. The molecule has 2 heterocycles. The van der Waals surface area contributed by atoms with Gasteiger partial charge in [-0.3, -0.25) is 14.5 Å². The molecule has 10 nitrogen and oxygen atoms in total. The number of aromatic amines is 1. The summed E-state index contributed by atoms with van der Waals surface area (Å²) in [6.07, 6.45) is 2.67. The lowest BCUT2D eigenvalue weighted by atomic mass is 10.1. The summed E-state index contributed by atoms with van der Waals surface area (Å²) < 4.78 is 15.9. The highest BCUT2D eigenvalue weighted by Crippen LogP contribution is 2.40. The van der Waals surface area contributed by atoms with Gasteiger partial charge in [-0.05, 0) is 24.5 Å². The Balaban J connectivity index is 1.32. The Bertz CT molecular complexity index is 1230. The van der Waals surface area contributed by atoms with E-state index >= 15 is 0 Å². The maximum atomic E-state index is 12.8. The Morgan fingerprint density at radius 2 is 1.77 bits per heavy atom. The number of urea groups is 1. The minimum atomic E-state index is -0.740. The summed E-state index contributed by atoms with van der Waals surface area (Å²) in [5.41, 5.74) is 2.51. The van der Waals surface area contributed by atoms with Crippen molar-refractivity contribution in [3.63, 3.8) is 0 Å². The Kier molecular flexibility index (Phi) is 7.09. The van der Waals surface area contributed by atoms with E-state index in [2.05, 4.69) is 15.6 Å². The van der Waals surface area contributed by atoms with Gasteiger partial charge in [0.25, 0.3) is 5.91 Å². The highest BCUT2D eigenvalue weighted by Gasteiger charge is 2.37. The second-order valence-corrected chi connectivity index (χ2v) is 8.10. The van der Waals surface area contributed by atoms with Crippen LogP contribution in [0, 0.1) is 0 Å². The number of nitrogens with one attached hydrogen (secondary N) is 3. The summed E-state index contributed by atoms with van der Waals surface area (Å²) in [6.45, 7) is 0.265. The summed E-state index contributed by atoms with van der Waals surface area (Å²) >= 11 is 0. The molecule has 0 aliphatic carbocycles. The van der Waals surface area contributed by atoms with Crippen LogP contribution in [0.1, 0.15) is 18.4 Å². The van der Waals surface area contributed by atoms with Crippen molar-refractivity contribution in [1.82, 2.24) is 15.2 Å². The van der Waals surface area contributed by atoms with Crippen molar-refractivity contribution in [2.75, 3.05) is 33.2 Å². The zero-order chi connectivity index (χ0) is 24.9. The molecule has 0 saturated carbocycles. The summed E-state index contributed by atoms with van der Waals surface area (Å²) in [5.74, 6) is 0.603. The zero-order valence-corrected chi connectivity index (χ0v) is 19.8. The van der Waals surface area contributed by atoms with Crippen LogP contribution in [0.15, 0.2) is 42.6 Å². The van der Waals surface area contributed by atoms with E-state index in [-0.39, 0.29) is 31.2 Å². The monoisotopic (exact) mass is 480 g/mol. The van der Waals surface area contributed by atoms with Gasteiger partial charge in [0.1, 0.15) is 6.04 Å². The van der Waals surface area contributed by atoms with E-state index in [0.29, 0.717) is 29.4 Å². The Morgan fingerprint density at radius 3 is 2.46 bits per heavy atom. The Hall–Kier alpha value is -4.21. The number of para-hydroxylation sites is 1. The van der Waals surface area contributed by atoms with Crippen LogP contribution in [0.4, 0.5) is 10.5 Å². The van der Waals surface area contributed by atoms with Crippen molar-refractivity contribution in [3.8, 4) is 17.2 Å². The van der Waals surface area contributed by atoms with Crippen LogP contribution in [0.25, 0.3) is 10.9 Å². The lowest BCUT2D eigenvalue weighted by Gasteiger charge is -2.15. The number of benzene rings is 2. The number of hydrogen-bond acceptors (Lipinski definition) is 6. The van der Waals surface area contributed by atoms with E-state index in [0.717, 1.165) is 16.5 Å². The molecule has 10 heteroatoms. The van der Waals surface area contributed by atoms with E-state index < -0.39 is 12.1 Å². The van der Waals surface area contributed by atoms with Crippen LogP contribution in [0.5, 0.6) is 17.2 Å². The average molecular weight is 481 g/mol. The van der Waals surface area contributed by atoms with Crippen molar-refractivity contribution >= 4 is 34.4 Å². The van der Waals surface area contributed by atoms with Gasteiger partial charge in [-0.15, -0.1) is 0 Å². The smallest absolute Gasteiger partial charge is 0.324 e. The summed E-state index contributed by atoms with van der Waals surface area (Å²) in [7, 11) is 4.47. The third-order valence-corrected chi connectivity index (χ3v) is 6.00. The molecule has 1 aromatic heterocycles. The van der Waals surface area contributed by atoms with Gasteiger partial charge in [0.05, 0.1) is 21.3 Å². The van der Waals surface area contributed by atoms with Crippen LogP contribution >= 0.6 is 0 Å². The van der Waals surface area contributed by atoms with Crippen molar-refractivity contribution in [1.29, 1.82) is 0 Å². The zero-order valence-electron chi connectivity index (χ0n) is 19.8. The summed E-state index contributed by atoms with van der Waals surface area (Å²) in [5, 5.41) is 6.52. The second kappa shape index (κ2) is 10.4. The maximum Gasteiger partial charge on any atom is 0.324 e. The average Bonchev–Trinajstić information content (AvgIpc) is 3.40. The minimum Gasteiger partial charge on any atom is -0.493 e. The fraction of sp³-hybridized carbons (Fsp3) is 0.320. The van der Waals surface area contributed by atoms with Gasteiger partial charge in [-0.25, -0.2) is 4.79 Å². The molecule has 3 N–H and O–H groups in total. The highest BCUT2D eigenvalue weighted by molar-refractivity contribution is 6.04. The number of fused-ring (bicyclic) bond motifs is 1. The number of amides is 4. The molecular formula is C25H28N4O6. The number of H-pyrrole nitrogens is 1. The van der Waals surface area contributed by atoms with Crippen LogP contribution in [-0.4, -0.2) is 61.6 Å². The van der Waals surface area contributed by atoms with Gasteiger partial charge in [-0.2, -0.15) is 0 Å². The number of carbonyl (C=O) groups is 3. The molecule has 0 unspecified atom stereocenters. The van der Waals surface area contributed by atoms with Crippen LogP contribution in [0.3, 0.4) is 0 Å². The number of rotatable bonds is 10. The fourth-order valence-corrected chi connectivity index (χ4v) is 4.21. The van der Waals surface area contributed by atoms with E-state index in [1.807, 2.05) is 30.5 Å². The maximum absolute atomic E-state index is 12.8. The van der Waals surface area contributed by atoms with Crippen molar-refractivity contribution in [2.45, 2.75) is 25.3 Å². The molecule has 0 bridgehead atoms. The number of nitrogens with zero attached hydrogens (tertiary/aromatic N) is 1. The minimum absolute atomic E-state index is 0.0453. The van der Waals surface area contributed by atoms with E-state index in [1.165, 1.54) is 26.2 Å². The molecule has 184 valence electrons. The first-order valence-electron chi connectivity index (χ1n) is 11.2. The molecule has 2 aromatic carbocycles. The van der Waals surface area contributed by atoms with Crippen molar-refractivity contribution in [2.24, 2.45) is 0 Å². The van der Waals surface area contributed by atoms with Crippen LogP contribution in [0.2, 0.25) is 0 Å². The molecule has 1 saturated heterocycles. The predicted octanol–water partition coefficient (Wildman–Crippen LogP) is 3.08. The molecule has 4 rings (SSSR count). The number of anilines is 1. The molecule has 3 aromatic rings. The third kappa shape index (κ3) is 5.01. The molecule has 1 aliphatic rings. The van der Waals surface area contributed by atoms with Gasteiger partial charge in [0.2, 0.25) is 11.7 Å². The van der Waals surface area contributed by atoms with Gasteiger partial charge in [0, 0.05) is 47.9 Å². The largest absolute Gasteiger partial charge is 0.493 e. The number of ether oxygens (including phenoxy) is 3. The standard InChI is InChI=1S/C25H28N4O6/c1-33-20-12-16(13-21(34-2)23(20)35-3)27-22(30)9-8-19-24(31)29(25(32)28-19)11-10-15-14-26-18-7-5-4-6-17(15)18/h4-7,12-14,19,26H,8-11H2,1-3H3,(H,27,30)(H,28,32)/t19-/m0/s1. The number of methoxy groups -OCH3 is 3. The van der Waals surface area contributed by atoms with E-state index in [9.17, 15) is 14.4 Å². The first kappa shape index (κ1) is 23.9. The number of aromatic nitrogens is 1. The molecule has 4 amide bonds. The SMILES string of the molecule is COc1cc(NC(=O)CC[C@@H]2NC(=O)N(CCc3c[nH]c4ccccc34)C2=O)cc(OC)c1OC. The number of hydrogen-bond donors (Lipinski definition) is 3. The summed E-state index contributed by atoms with van der Waals surface area (Å²) in [4.78, 5) is 42.1. The molecule has 35 heavy (non-hydrogen) atoms. The van der Waals surface area contributed by atoms with Gasteiger partial charge < -0.3 is 29.8 Å². The summed E-state index contributed by atoms with van der Waals surface area (Å²) in [6, 6.07) is 9.94. The second-order valence-electron chi connectivity index (χ2n) is 8.10. The third-order valence-electron chi connectivity index (χ3n) is 6.00. The van der Waals surface area contributed by atoms with Gasteiger partial charge in [-0.1, -0.05) is 18.2 Å². The van der Waals surface area contributed by atoms with E-state index in [1.54, 1.807) is 12.1 Å². The first-order valence-corrected chi connectivity index (χ1v) is 11.2. The molecule has 1 aliphatic heterocycles. The van der Waals surface area contributed by atoms with Crippen molar-refractivity contribution in [3.05, 3.63) is 48.2 Å². The Morgan fingerprint density at radius 1 is 1.06 bits per heavy atom. The van der Waals surface area contributed by atoms with Crippen LogP contribution in [-0.2, 0) is 16.0 Å². The Labute approximate surface area is 202 Å². The lowest BCUT2D eigenvalue weighted by Crippen LogP contribution is -2.33. The van der Waals surface area contributed by atoms with E-state index in [4.69, 9.17) is 14.2 Å². The number of imide groups is 1. The van der Waals surface area contributed by atoms with Crippen LogP contribution < -0.4 is 24.8 Å². The molecule has 1 fully saturated rings. The van der Waals surface area contributed by atoms with Gasteiger partial charge in [0.15, 0.2) is 11.5 Å². The fourth-order valence-electron chi connectivity index (χ4n) is 4.21. The quantitative estimate of drug-likeness (QED) is 0.384. The lowest BCUT2D eigenvalue weighted by molar-refractivity contribution is -0.127.